The molecule has 6 nitrogen and oxygen atoms in total. The van der Waals surface area contributed by atoms with Crippen LogP contribution < -0.4 is 15.4 Å². The highest BCUT2D eigenvalue weighted by molar-refractivity contribution is 7.89. The molecule has 2 aromatic rings. The summed E-state index contributed by atoms with van der Waals surface area (Å²) in [5.74, 6) is 0.777. The Kier molecular flexibility index (Phi) is 7.64. The zero-order valence-electron chi connectivity index (χ0n) is 17.5. The second kappa shape index (κ2) is 10.2. The number of rotatable bonds is 8. The Hall–Kier alpha value is -2.22. The van der Waals surface area contributed by atoms with Crippen molar-refractivity contribution in [3.05, 3.63) is 65.7 Å². The van der Waals surface area contributed by atoms with Crippen LogP contribution in [0.15, 0.2) is 59.5 Å². The third-order valence-corrected chi connectivity index (χ3v) is 7.01. The first-order chi connectivity index (χ1) is 14.3. The van der Waals surface area contributed by atoms with Crippen LogP contribution in [0.25, 0.3) is 0 Å². The number of quaternary nitrogens is 1. The van der Waals surface area contributed by atoms with E-state index in [0.717, 1.165) is 37.9 Å². The van der Waals surface area contributed by atoms with Crippen LogP contribution in [-0.4, -0.2) is 40.0 Å². The summed E-state index contributed by atoms with van der Waals surface area (Å²) in [6.07, 6.45) is 4.08. The van der Waals surface area contributed by atoms with Crippen molar-refractivity contribution in [2.24, 2.45) is 11.1 Å². The summed E-state index contributed by atoms with van der Waals surface area (Å²) in [5, 5.41) is 8.13. The fourth-order valence-corrected chi connectivity index (χ4v) is 4.66. The van der Waals surface area contributed by atoms with Crippen molar-refractivity contribution in [3.8, 4) is 0 Å². The smallest absolute Gasteiger partial charge is 0.278 e. The molecule has 0 aromatic heterocycles. The summed E-state index contributed by atoms with van der Waals surface area (Å²) in [7, 11) is -3.67. The lowest BCUT2D eigenvalue weighted by atomic mass is 9.89. The van der Waals surface area contributed by atoms with E-state index in [9.17, 15) is 13.2 Å². The second-order valence-corrected chi connectivity index (χ2v) is 9.80. The number of hydrogen-bond donors (Lipinski definition) is 3. The van der Waals surface area contributed by atoms with Crippen molar-refractivity contribution < 1.29 is 18.1 Å². The molecule has 4 N–H and O–H groups in total. The predicted molar refractivity (Wildman–Crippen MR) is 118 cm³/mol. The fourth-order valence-electron chi connectivity index (χ4n) is 4.15. The maximum Gasteiger partial charge on any atom is 0.278 e. The van der Waals surface area contributed by atoms with Crippen LogP contribution in [0.1, 0.15) is 30.9 Å². The summed E-state index contributed by atoms with van der Waals surface area (Å²) in [6, 6.07) is 17.0. The molecule has 0 saturated carbocycles. The average Bonchev–Trinajstić information content (AvgIpc) is 2.74. The van der Waals surface area contributed by atoms with E-state index in [0.29, 0.717) is 18.9 Å². The summed E-state index contributed by atoms with van der Waals surface area (Å²) in [4.78, 5) is 14.0. The van der Waals surface area contributed by atoms with Crippen molar-refractivity contribution in [1.82, 2.24) is 5.32 Å². The molecule has 1 aliphatic heterocycles. The van der Waals surface area contributed by atoms with Gasteiger partial charge in [-0.15, -0.1) is 0 Å². The molecular formula is C23H32N3O3S+. The Balaban J connectivity index is 1.39. The molecule has 1 atom stereocenters. The van der Waals surface area contributed by atoms with Crippen molar-refractivity contribution in [2.75, 3.05) is 19.6 Å². The summed E-state index contributed by atoms with van der Waals surface area (Å²) >= 11 is 0. The van der Waals surface area contributed by atoms with Crippen LogP contribution in [-0.2, 0) is 27.7 Å². The highest BCUT2D eigenvalue weighted by Crippen LogP contribution is 2.16. The van der Waals surface area contributed by atoms with Crippen LogP contribution in [0.5, 0.6) is 0 Å². The molecule has 162 valence electrons. The monoisotopic (exact) mass is 430 g/mol. The maximum absolute atomic E-state index is 12.6. The van der Waals surface area contributed by atoms with Gasteiger partial charge in [-0.25, -0.2) is 13.6 Å². The molecule has 0 bridgehead atoms. The first-order valence-electron chi connectivity index (χ1n) is 10.6. The van der Waals surface area contributed by atoms with E-state index in [2.05, 4.69) is 35.6 Å². The quantitative estimate of drug-likeness (QED) is 0.581. The molecular weight excluding hydrogens is 398 g/mol. The minimum absolute atomic E-state index is 0.0626. The predicted octanol–water partition coefficient (Wildman–Crippen LogP) is 0.919. The van der Waals surface area contributed by atoms with Crippen LogP contribution in [0.2, 0.25) is 0 Å². The van der Waals surface area contributed by atoms with Crippen molar-refractivity contribution in [2.45, 2.75) is 43.5 Å². The van der Waals surface area contributed by atoms with Gasteiger partial charge in [0.1, 0.15) is 0 Å². The van der Waals surface area contributed by atoms with E-state index in [-0.39, 0.29) is 16.8 Å². The first kappa shape index (κ1) is 22.5. The zero-order chi connectivity index (χ0) is 21.6. The van der Waals surface area contributed by atoms with Gasteiger partial charge in [-0.2, -0.15) is 0 Å². The van der Waals surface area contributed by atoms with Gasteiger partial charge in [-0.3, -0.25) is 4.79 Å². The number of carbonyl (C=O) groups is 1. The normalized spacial score (nSPS) is 20.5. The number of likely N-dealkylation sites (tertiary alicyclic amines) is 1. The first-order valence-corrected chi connectivity index (χ1v) is 12.2. The molecule has 1 saturated heterocycles. The zero-order valence-corrected chi connectivity index (χ0v) is 18.3. The highest BCUT2D eigenvalue weighted by atomic mass is 32.2. The molecule has 1 heterocycles. The summed E-state index contributed by atoms with van der Waals surface area (Å²) in [6.45, 7) is 4.59. The highest BCUT2D eigenvalue weighted by Gasteiger charge is 2.29. The Morgan fingerprint density at radius 3 is 2.30 bits per heavy atom. The number of piperidine rings is 1. The lowest BCUT2D eigenvalue weighted by molar-refractivity contribution is -0.920. The van der Waals surface area contributed by atoms with Crippen LogP contribution >= 0.6 is 0 Å². The minimum Gasteiger partial charge on any atom is -0.351 e. The third-order valence-electron chi connectivity index (χ3n) is 6.09. The van der Waals surface area contributed by atoms with E-state index in [4.69, 9.17) is 5.14 Å². The molecule has 30 heavy (non-hydrogen) atoms. The van der Waals surface area contributed by atoms with Crippen molar-refractivity contribution in [3.63, 3.8) is 0 Å². The Morgan fingerprint density at radius 1 is 1.07 bits per heavy atom. The fraction of sp³-hybridized carbons (Fsp3) is 0.435. The lowest BCUT2D eigenvalue weighted by Crippen LogP contribution is -3.17. The van der Waals surface area contributed by atoms with Gasteiger partial charge in [0.05, 0.1) is 18.0 Å². The number of hydrogen-bond acceptors (Lipinski definition) is 3. The van der Waals surface area contributed by atoms with E-state index >= 15 is 0 Å². The molecule has 2 aromatic carbocycles. The Bertz CT molecular complexity index is 922. The number of carbonyl (C=O) groups excluding carboxylic acids is 1. The minimum atomic E-state index is -3.67. The van der Waals surface area contributed by atoms with E-state index in [1.165, 1.54) is 22.6 Å². The Labute approximate surface area is 179 Å². The Morgan fingerprint density at radius 2 is 1.70 bits per heavy atom. The standard InChI is InChI=1S/C23H31N3O3S/c1-18(26-15-12-21(13-16-26)17-20-5-3-2-4-6-20)23(27)25-14-11-19-7-9-22(10-8-19)30(24,28)29/h2-10,18,21H,11-17H2,1H3,(H,25,27)(H2,24,28,29)/p+1/t18-/m1/s1. The van der Waals surface area contributed by atoms with E-state index in [1.807, 2.05) is 6.92 Å². The molecule has 3 rings (SSSR count). The number of nitrogens with two attached hydrogens (primary N) is 1. The third kappa shape index (κ3) is 6.39. The van der Waals surface area contributed by atoms with Gasteiger partial charge in [0.25, 0.3) is 5.91 Å². The van der Waals surface area contributed by atoms with Gasteiger partial charge < -0.3 is 10.2 Å². The summed E-state index contributed by atoms with van der Waals surface area (Å²) in [5.41, 5.74) is 2.36. The molecule has 0 unspecified atom stereocenters. The number of amides is 1. The largest absolute Gasteiger partial charge is 0.351 e. The summed E-state index contributed by atoms with van der Waals surface area (Å²) < 4.78 is 22.6. The van der Waals surface area contributed by atoms with Crippen LogP contribution in [0.4, 0.5) is 0 Å². The molecule has 1 fully saturated rings. The van der Waals surface area contributed by atoms with Gasteiger partial charge in [-0.05, 0) is 61.8 Å². The van der Waals surface area contributed by atoms with E-state index < -0.39 is 10.0 Å². The van der Waals surface area contributed by atoms with E-state index in [1.54, 1.807) is 12.1 Å². The lowest BCUT2D eigenvalue weighted by Gasteiger charge is -2.32. The van der Waals surface area contributed by atoms with Gasteiger partial charge in [-0.1, -0.05) is 42.5 Å². The van der Waals surface area contributed by atoms with Crippen LogP contribution in [0.3, 0.4) is 0 Å². The number of sulfonamides is 1. The molecule has 7 heteroatoms. The topological polar surface area (TPSA) is 93.7 Å². The second-order valence-electron chi connectivity index (χ2n) is 8.24. The van der Waals surface area contributed by atoms with Crippen LogP contribution in [0, 0.1) is 5.92 Å². The van der Waals surface area contributed by atoms with Gasteiger partial charge in [0.2, 0.25) is 10.0 Å². The van der Waals surface area contributed by atoms with Crippen molar-refractivity contribution in [1.29, 1.82) is 0 Å². The van der Waals surface area contributed by atoms with Gasteiger partial charge in [0, 0.05) is 6.54 Å². The molecule has 0 radical (unpaired) electrons. The number of primary sulfonamides is 1. The number of nitrogens with one attached hydrogen (secondary N) is 2. The molecule has 1 amide bonds. The van der Waals surface area contributed by atoms with Crippen molar-refractivity contribution >= 4 is 15.9 Å². The molecule has 0 aliphatic carbocycles. The maximum atomic E-state index is 12.6. The molecule has 0 spiro atoms. The van der Waals surface area contributed by atoms with Gasteiger partial charge in [0.15, 0.2) is 6.04 Å². The number of benzene rings is 2. The SMILES string of the molecule is C[C@H](C(=O)NCCc1ccc(S(N)(=O)=O)cc1)[NH+]1CCC(Cc2ccccc2)CC1. The molecule has 1 aliphatic rings. The average molecular weight is 431 g/mol. The van der Waals surface area contributed by atoms with Gasteiger partial charge >= 0.3 is 0 Å².